The zero-order chi connectivity index (χ0) is 18.4. The molecular weight excluding hydrogens is 348 g/mol. The van der Waals surface area contributed by atoms with Gasteiger partial charge in [-0.2, -0.15) is 0 Å². The van der Waals surface area contributed by atoms with Crippen LogP contribution in [0.5, 0.6) is 11.5 Å². The lowest BCUT2D eigenvalue weighted by atomic mass is 10.1. The van der Waals surface area contributed by atoms with Crippen LogP contribution in [0, 0.1) is 0 Å². The molecule has 5 nitrogen and oxygen atoms in total. The normalized spacial score (nSPS) is 10.7. The minimum Gasteiger partial charge on any atom is -0.497 e. The van der Waals surface area contributed by atoms with Crippen molar-refractivity contribution in [3.63, 3.8) is 0 Å². The lowest BCUT2D eigenvalue weighted by molar-refractivity contribution is -0.111. The maximum Gasteiger partial charge on any atom is 0.250 e. The fourth-order valence-electron chi connectivity index (χ4n) is 2.34. The van der Waals surface area contributed by atoms with Crippen LogP contribution in [0.3, 0.4) is 0 Å². The van der Waals surface area contributed by atoms with E-state index < -0.39 is 0 Å². The van der Waals surface area contributed by atoms with Crippen molar-refractivity contribution in [1.29, 1.82) is 0 Å². The van der Waals surface area contributed by atoms with Gasteiger partial charge in [0.05, 0.1) is 19.9 Å². The van der Waals surface area contributed by atoms with Gasteiger partial charge in [-0.1, -0.05) is 30.3 Å². The van der Waals surface area contributed by atoms with Gasteiger partial charge in [-0.15, -0.1) is 11.3 Å². The quantitative estimate of drug-likeness (QED) is 0.654. The number of thiazole rings is 1. The van der Waals surface area contributed by atoms with Gasteiger partial charge in [0.1, 0.15) is 11.5 Å². The molecule has 3 aromatic rings. The first-order chi connectivity index (χ1) is 12.7. The summed E-state index contributed by atoms with van der Waals surface area (Å²) < 4.78 is 10.5. The Hall–Kier alpha value is -3.12. The van der Waals surface area contributed by atoms with Gasteiger partial charge in [0, 0.05) is 28.6 Å². The second-order valence-electron chi connectivity index (χ2n) is 5.33. The molecule has 0 fully saturated rings. The summed E-state index contributed by atoms with van der Waals surface area (Å²) in [5, 5.41) is 5.25. The maximum absolute atomic E-state index is 12.2. The summed E-state index contributed by atoms with van der Waals surface area (Å²) in [6.45, 7) is 0. The van der Waals surface area contributed by atoms with Crippen molar-refractivity contribution in [2.24, 2.45) is 0 Å². The predicted molar refractivity (Wildman–Crippen MR) is 105 cm³/mol. The van der Waals surface area contributed by atoms with E-state index in [1.54, 1.807) is 26.4 Å². The average Bonchev–Trinajstić information content (AvgIpc) is 3.15. The third-order valence-electron chi connectivity index (χ3n) is 3.66. The number of methoxy groups -OCH3 is 2. The van der Waals surface area contributed by atoms with Crippen LogP contribution >= 0.6 is 11.3 Å². The van der Waals surface area contributed by atoms with Gasteiger partial charge < -0.3 is 9.47 Å². The standard InChI is InChI=1S/C20H18N2O3S/c1-24-16-10-8-15(18(12-16)25-2)9-11-19(23)22-20-21-17(13-26-20)14-6-4-3-5-7-14/h3-13H,1-2H3,(H,21,22,23)/b11-9+. The van der Waals surface area contributed by atoms with Crippen LogP contribution in [-0.4, -0.2) is 25.1 Å². The lowest BCUT2D eigenvalue weighted by Crippen LogP contribution is -2.07. The monoisotopic (exact) mass is 366 g/mol. The number of carbonyl (C=O) groups is 1. The van der Waals surface area contributed by atoms with Gasteiger partial charge >= 0.3 is 0 Å². The van der Waals surface area contributed by atoms with Crippen LogP contribution in [0.25, 0.3) is 17.3 Å². The average molecular weight is 366 g/mol. The second kappa shape index (κ2) is 8.31. The number of anilines is 1. The summed E-state index contributed by atoms with van der Waals surface area (Å²) in [6, 6.07) is 15.2. The van der Waals surface area contributed by atoms with Gasteiger partial charge in [0.15, 0.2) is 5.13 Å². The fourth-order valence-corrected chi connectivity index (χ4v) is 3.06. The molecule has 0 saturated carbocycles. The summed E-state index contributed by atoms with van der Waals surface area (Å²) in [5.41, 5.74) is 2.64. The van der Waals surface area contributed by atoms with Gasteiger partial charge in [-0.05, 0) is 18.2 Å². The number of rotatable bonds is 6. The first-order valence-electron chi connectivity index (χ1n) is 7.91. The van der Waals surface area contributed by atoms with Crippen molar-refractivity contribution in [1.82, 2.24) is 4.98 Å². The van der Waals surface area contributed by atoms with E-state index in [4.69, 9.17) is 9.47 Å². The smallest absolute Gasteiger partial charge is 0.250 e. The topological polar surface area (TPSA) is 60.5 Å². The fraction of sp³-hybridized carbons (Fsp3) is 0.100. The number of hydrogen-bond acceptors (Lipinski definition) is 5. The van der Waals surface area contributed by atoms with E-state index >= 15 is 0 Å². The summed E-state index contributed by atoms with van der Waals surface area (Å²) in [5.74, 6) is 1.07. The minimum atomic E-state index is -0.253. The van der Waals surface area contributed by atoms with E-state index in [1.807, 2.05) is 47.8 Å². The third-order valence-corrected chi connectivity index (χ3v) is 4.42. The van der Waals surface area contributed by atoms with Gasteiger partial charge in [-0.3, -0.25) is 10.1 Å². The Labute approximate surface area is 155 Å². The lowest BCUT2D eigenvalue weighted by Gasteiger charge is -2.07. The van der Waals surface area contributed by atoms with Crippen molar-refractivity contribution in [3.05, 3.63) is 65.6 Å². The van der Waals surface area contributed by atoms with Crippen molar-refractivity contribution >= 4 is 28.5 Å². The Kier molecular flexibility index (Phi) is 5.66. The van der Waals surface area contributed by atoms with Crippen LogP contribution in [0.2, 0.25) is 0 Å². The van der Waals surface area contributed by atoms with Crippen LogP contribution < -0.4 is 14.8 Å². The van der Waals surface area contributed by atoms with E-state index in [2.05, 4.69) is 10.3 Å². The summed E-state index contributed by atoms with van der Waals surface area (Å²) in [6.07, 6.45) is 3.15. The molecule has 3 rings (SSSR count). The highest BCUT2D eigenvalue weighted by Crippen LogP contribution is 2.26. The summed E-state index contributed by atoms with van der Waals surface area (Å²) >= 11 is 1.39. The van der Waals surface area contributed by atoms with Crippen molar-refractivity contribution in [3.8, 4) is 22.8 Å². The molecule has 1 amide bonds. The molecule has 0 radical (unpaired) electrons. The number of carbonyl (C=O) groups excluding carboxylic acids is 1. The highest BCUT2D eigenvalue weighted by Gasteiger charge is 2.07. The van der Waals surface area contributed by atoms with Gasteiger partial charge in [0.25, 0.3) is 0 Å². The van der Waals surface area contributed by atoms with Crippen LogP contribution in [0.1, 0.15) is 5.56 Å². The van der Waals surface area contributed by atoms with Crippen LogP contribution in [0.15, 0.2) is 60.0 Å². The number of aromatic nitrogens is 1. The molecule has 132 valence electrons. The Morgan fingerprint density at radius 3 is 2.65 bits per heavy atom. The number of hydrogen-bond donors (Lipinski definition) is 1. The number of nitrogens with one attached hydrogen (secondary N) is 1. The highest BCUT2D eigenvalue weighted by molar-refractivity contribution is 7.14. The molecule has 0 aliphatic carbocycles. The van der Waals surface area contributed by atoms with Gasteiger partial charge in [-0.25, -0.2) is 4.98 Å². The van der Waals surface area contributed by atoms with E-state index in [1.165, 1.54) is 17.4 Å². The molecule has 26 heavy (non-hydrogen) atoms. The van der Waals surface area contributed by atoms with E-state index in [0.717, 1.165) is 16.8 Å². The Bertz CT molecular complexity index is 920. The third kappa shape index (κ3) is 4.29. The molecular formula is C20H18N2O3S. The first-order valence-corrected chi connectivity index (χ1v) is 8.79. The Morgan fingerprint density at radius 2 is 1.92 bits per heavy atom. The molecule has 0 aliphatic rings. The van der Waals surface area contributed by atoms with E-state index in [-0.39, 0.29) is 5.91 Å². The molecule has 6 heteroatoms. The molecule has 0 spiro atoms. The predicted octanol–water partition coefficient (Wildman–Crippen LogP) is 4.48. The summed E-state index contributed by atoms with van der Waals surface area (Å²) in [7, 11) is 3.17. The number of nitrogens with zero attached hydrogens (tertiary/aromatic N) is 1. The summed E-state index contributed by atoms with van der Waals surface area (Å²) in [4.78, 5) is 16.6. The SMILES string of the molecule is COc1ccc(/C=C/C(=O)Nc2nc(-c3ccccc3)cs2)c(OC)c1. The molecule has 0 unspecified atom stereocenters. The molecule has 1 N–H and O–H groups in total. The van der Waals surface area contributed by atoms with Gasteiger partial charge in [0.2, 0.25) is 5.91 Å². The molecule has 0 atom stereocenters. The van der Waals surface area contributed by atoms with Crippen molar-refractivity contribution < 1.29 is 14.3 Å². The minimum absolute atomic E-state index is 0.253. The zero-order valence-electron chi connectivity index (χ0n) is 14.4. The largest absolute Gasteiger partial charge is 0.497 e. The maximum atomic E-state index is 12.2. The second-order valence-corrected chi connectivity index (χ2v) is 6.19. The molecule has 1 aromatic heterocycles. The van der Waals surface area contributed by atoms with Crippen LogP contribution in [-0.2, 0) is 4.79 Å². The van der Waals surface area contributed by atoms with Crippen molar-refractivity contribution in [2.45, 2.75) is 0 Å². The van der Waals surface area contributed by atoms with E-state index in [0.29, 0.717) is 16.6 Å². The molecule has 1 heterocycles. The highest BCUT2D eigenvalue weighted by atomic mass is 32.1. The number of ether oxygens (including phenoxy) is 2. The Morgan fingerprint density at radius 1 is 1.12 bits per heavy atom. The van der Waals surface area contributed by atoms with E-state index in [9.17, 15) is 4.79 Å². The molecule has 0 saturated heterocycles. The zero-order valence-corrected chi connectivity index (χ0v) is 15.2. The van der Waals surface area contributed by atoms with Crippen LogP contribution in [0.4, 0.5) is 5.13 Å². The molecule has 0 bridgehead atoms. The Balaban J connectivity index is 1.68. The number of benzene rings is 2. The number of amides is 1. The molecule has 0 aliphatic heterocycles. The first kappa shape index (κ1) is 17.7. The molecule has 2 aromatic carbocycles. The van der Waals surface area contributed by atoms with Crippen molar-refractivity contribution in [2.75, 3.05) is 19.5 Å².